The maximum absolute atomic E-state index is 12.5. The van der Waals surface area contributed by atoms with Crippen molar-refractivity contribution < 1.29 is 9.53 Å². The summed E-state index contributed by atoms with van der Waals surface area (Å²) in [6, 6.07) is 14.1. The highest BCUT2D eigenvalue weighted by molar-refractivity contribution is 5.97. The highest BCUT2D eigenvalue weighted by atomic mass is 16.5. The Bertz CT molecular complexity index is 1030. The Morgan fingerprint density at radius 3 is 2.97 bits per heavy atom. The Labute approximate surface area is 182 Å². The fraction of sp³-hybridized carbons (Fsp3) is 0.417. The second-order valence-corrected chi connectivity index (χ2v) is 8.88. The van der Waals surface area contributed by atoms with Crippen molar-refractivity contribution in [2.75, 3.05) is 32.0 Å². The van der Waals surface area contributed by atoms with Gasteiger partial charge in [-0.1, -0.05) is 24.3 Å². The van der Waals surface area contributed by atoms with Gasteiger partial charge in [-0.15, -0.1) is 0 Å². The number of nitrogens with one attached hydrogen (secondary N) is 2. The summed E-state index contributed by atoms with van der Waals surface area (Å²) in [5.41, 5.74) is 8.40. The molecule has 1 saturated heterocycles. The Kier molecular flexibility index (Phi) is 5.38. The maximum atomic E-state index is 12.5. The lowest BCUT2D eigenvalue weighted by molar-refractivity contribution is -0.0619. The standard InChI is InChI=1S/C24H29N5O2/c1-15-14-31-22(17-6-7-23(25)26-10-17)13-29(15)12-19-8-18(19)11-27-24(30)21-9-16-4-2-3-5-20(16)28-21/h2-7,9-10,15,18-19,22,28H,8,11-14H2,1H3,(H2,25,26)(H,27,30)/t15-,18-,19-,22+/m0/s1. The zero-order valence-electron chi connectivity index (χ0n) is 17.8. The Hall–Kier alpha value is -2.90. The van der Waals surface area contributed by atoms with E-state index in [1.807, 2.05) is 48.7 Å². The monoisotopic (exact) mass is 419 g/mol. The molecule has 1 saturated carbocycles. The first-order chi connectivity index (χ1) is 15.1. The number of nitrogen functional groups attached to an aromatic ring is 1. The van der Waals surface area contributed by atoms with Gasteiger partial charge in [-0.2, -0.15) is 0 Å². The van der Waals surface area contributed by atoms with Gasteiger partial charge in [0.15, 0.2) is 0 Å². The topological polar surface area (TPSA) is 96.3 Å². The molecule has 5 rings (SSSR count). The van der Waals surface area contributed by atoms with Crippen LogP contribution >= 0.6 is 0 Å². The van der Waals surface area contributed by atoms with E-state index < -0.39 is 0 Å². The smallest absolute Gasteiger partial charge is 0.267 e. The van der Waals surface area contributed by atoms with Crippen molar-refractivity contribution >= 4 is 22.6 Å². The van der Waals surface area contributed by atoms with E-state index in [1.165, 1.54) is 0 Å². The van der Waals surface area contributed by atoms with Crippen molar-refractivity contribution in [3.05, 3.63) is 59.9 Å². The van der Waals surface area contributed by atoms with Crippen LogP contribution in [0, 0.1) is 11.8 Å². The van der Waals surface area contributed by atoms with Crippen molar-refractivity contribution in [3.8, 4) is 0 Å². The molecule has 0 bridgehead atoms. The van der Waals surface area contributed by atoms with Crippen LogP contribution in [0.15, 0.2) is 48.7 Å². The lowest BCUT2D eigenvalue weighted by atomic mass is 10.1. The van der Waals surface area contributed by atoms with Crippen LogP contribution in [-0.4, -0.2) is 53.1 Å². The van der Waals surface area contributed by atoms with Crippen LogP contribution in [0.25, 0.3) is 10.9 Å². The molecule has 3 heterocycles. The molecular formula is C24H29N5O2. The summed E-state index contributed by atoms with van der Waals surface area (Å²) in [5.74, 6) is 1.66. The van der Waals surface area contributed by atoms with Crippen molar-refractivity contribution in [2.45, 2.75) is 25.5 Å². The minimum absolute atomic E-state index is 0.0301. The molecule has 2 aliphatic rings. The molecule has 162 valence electrons. The van der Waals surface area contributed by atoms with Gasteiger partial charge >= 0.3 is 0 Å². The van der Waals surface area contributed by atoms with E-state index in [1.54, 1.807) is 0 Å². The number of carbonyl (C=O) groups is 1. The van der Waals surface area contributed by atoms with Gasteiger partial charge in [-0.05, 0) is 43.4 Å². The number of fused-ring (bicyclic) bond motifs is 1. The summed E-state index contributed by atoms with van der Waals surface area (Å²) in [4.78, 5) is 22.4. The van der Waals surface area contributed by atoms with Gasteiger partial charge in [-0.3, -0.25) is 9.69 Å². The lowest BCUT2D eigenvalue weighted by Gasteiger charge is -2.38. The van der Waals surface area contributed by atoms with Crippen LogP contribution < -0.4 is 11.1 Å². The van der Waals surface area contributed by atoms with Crippen molar-refractivity contribution in [3.63, 3.8) is 0 Å². The molecule has 4 N–H and O–H groups in total. The van der Waals surface area contributed by atoms with Gasteiger partial charge in [0.1, 0.15) is 11.5 Å². The van der Waals surface area contributed by atoms with Crippen molar-refractivity contribution in [1.29, 1.82) is 0 Å². The minimum atomic E-state index is -0.0301. The number of nitrogens with two attached hydrogens (primary N) is 1. The van der Waals surface area contributed by atoms with Gasteiger partial charge in [0.2, 0.25) is 0 Å². The zero-order valence-corrected chi connectivity index (χ0v) is 17.8. The number of rotatable bonds is 6. The van der Waals surface area contributed by atoms with E-state index in [2.05, 4.69) is 27.1 Å². The number of carbonyl (C=O) groups excluding carboxylic acids is 1. The molecular weight excluding hydrogens is 390 g/mol. The summed E-state index contributed by atoms with van der Waals surface area (Å²) in [7, 11) is 0. The molecule has 0 radical (unpaired) electrons. The molecule has 31 heavy (non-hydrogen) atoms. The van der Waals surface area contributed by atoms with E-state index in [-0.39, 0.29) is 12.0 Å². The third kappa shape index (κ3) is 4.43. The average molecular weight is 420 g/mol. The van der Waals surface area contributed by atoms with Crippen LogP contribution in [0.2, 0.25) is 0 Å². The molecule has 0 unspecified atom stereocenters. The highest BCUT2D eigenvalue weighted by Gasteiger charge is 2.40. The summed E-state index contributed by atoms with van der Waals surface area (Å²) < 4.78 is 6.05. The Morgan fingerprint density at radius 2 is 2.16 bits per heavy atom. The number of amides is 1. The van der Waals surface area contributed by atoms with Gasteiger partial charge in [0.25, 0.3) is 5.91 Å². The zero-order chi connectivity index (χ0) is 21.4. The first-order valence-corrected chi connectivity index (χ1v) is 11.0. The largest absolute Gasteiger partial charge is 0.384 e. The molecule has 7 heteroatoms. The molecule has 4 atom stereocenters. The number of pyridine rings is 1. The molecule has 1 aliphatic carbocycles. The molecule has 2 fully saturated rings. The fourth-order valence-electron chi connectivity index (χ4n) is 4.47. The number of benzene rings is 1. The number of hydrogen-bond donors (Lipinski definition) is 3. The lowest BCUT2D eigenvalue weighted by Crippen LogP contribution is -2.46. The van der Waals surface area contributed by atoms with Gasteiger partial charge in [-0.25, -0.2) is 4.98 Å². The number of aromatic amines is 1. The quantitative estimate of drug-likeness (QED) is 0.571. The second kappa shape index (κ2) is 8.32. The minimum Gasteiger partial charge on any atom is -0.384 e. The molecule has 7 nitrogen and oxygen atoms in total. The number of nitrogens with zero attached hydrogens (tertiary/aromatic N) is 2. The van der Waals surface area contributed by atoms with Crippen LogP contribution in [0.1, 0.15) is 35.5 Å². The first-order valence-electron chi connectivity index (χ1n) is 11.0. The Morgan fingerprint density at radius 1 is 1.29 bits per heavy atom. The molecule has 3 aromatic rings. The third-order valence-corrected chi connectivity index (χ3v) is 6.58. The number of anilines is 1. The van der Waals surface area contributed by atoms with Crippen LogP contribution in [-0.2, 0) is 4.74 Å². The average Bonchev–Trinajstić information content (AvgIpc) is 3.37. The number of ether oxygens (including phenoxy) is 1. The predicted octanol–water partition coefficient (Wildman–Crippen LogP) is 2.97. The third-order valence-electron chi connectivity index (χ3n) is 6.58. The molecule has 1 aliphatic heterocycles. The molecule has 2 aromatic heterocycles. The predicted molar refractivity (Wildman–Crippen MR) is 121 cm³/mol. The van der Waals surface area contributed by atoms with E-state index in [9.17, 15) is 4.79 Å². The Balaban J connectivity index is 1.12. The van der Waals surface area contributed by atoms with Gasteiger partial charge in [0.05, 0.1) is 12.7 Å². The van der Waals surface area contributed by atoms with Crippen LogP contribution in [0.3, 0.4) is 0 Å². The number of morpholine rings is 1. The van der Waals surface area contributed by atoms with E-state index in [0.717, 1.165) is 42.5 Å². The summed E-state index contributed by atoms with van der Waals surface area (Å²) in [6.07, 6.45) is 3.00. The molecule has 1 aromatic carbocycles. The normalized spacial score (nSPS) is 26.1. The maximum Gasteiger partial charge on any atom is 0.267 e. The van der Waals surface area contributed by atoms with E-state index >= 15 is 0 Å². The van der Waals surface area contributed by atoms with Gasteiger partial charge < -0.3 is 20.8 Å². The number of H-pyrrole nitrogens is 1. The van der Waals surface area contributed by atoms with E-state index in [0.29, 0.717) is 36.0 Å². The summed E-state index contributed by atoms with van der Waals surface area (Å²) in [6.45, 7) is 5.55. The first kappa shape index (κ1) is 20.0. The molecule has 0 spiro atoms. The van der Waals surface area contributed by atoms with Crippen LogP contribution in [0.5, 0.6) is 0 Å². The van der Waals surface area contributed by atoms with Crippen LogP contribution in [0.4, 0.5) is 5.82 Å². The number of aromatic nitrogens is 2. The summed E-state index contributed by atoms with van der Waals surface area (Å²) >= 11 is 0. The highest BCUT2D eigenvalue weighted by Crippen LogP contribution is 2.40. The van der Waals surface area contributed by atoms with Crippen molar-refractivity contribution in [2.24, 2.45) is 11.8 Å². The van der Waals surface area contributed by atoms with Crippen molar-refractivity contribution in [1.82, 2.24) is 20.2 Å². The second-order valence-electron chi connectivity index (χ2n) is 8.88. The summed E-state index contributed by atoms with van der Waals surface area (Å²) in [5, 5.41) is 4.17. The fourth-order valence-corrected chi connectivity index (χ4v) is 4.47. The van der Waals surface area contributed by atoms with Gasteiger partial charge in [0, 0.05) is 48.3 Å². The SMILES string of the molecule is C[C@H]1CO[C@@H](c2ccc(N)nc2)CN1C[C@@H]1C[C@H]1CNC(=O)c1cc2ccccc2[nH]1. The molecule has 1 amide bonds. The van der Waals surface area contributed by atoms with E-state index in [4.69, 9.17) is 10.5 Å². The number of hydrogen-bond acceptors (Lipinski definition) is 5. The number of para-hydroxylation sites is 1.